The van der Waals surface area contributed by atoms with Crippen molar-refractivity contribution >= 4 is 21.6 Å². The van der Waals surface area contributed by atoms with Gasteiger partial charge in [-0.1, -0.05) is 12.1 Å². The molecule has 3 nitrogen and oxygen atoms in total. The first-order chi connectivity index (χ1) is 8.31. The van der Waals surface area contributed by atoms with Crippen molar-refractivity contribution < 1.29 is 4.74 Å². The van der Waals surface area contributed by atoms with Crippen LogP contribution in [0.1, 0.15) is 11.4 Å². The van der Waals surface area contributed by atoms with Crippen molar-refractivity contribution in [3.63, 3.8) is 0 Å². The molecule has 1 aromatic carbocycles. The van der Waals surface area contributed by atoms with Crippen LogP contribution in [-0.2, 0) is 11.2 Å². The van der Waals surface area contributed by atoms with Gasteiger partial charge in [0.25, 0.3) is 0 Å². The van der Waals surface area contributed by atoms with Gasteiger partial charge in [-0.05, 0) is 18.6 Å². The van der Waals surface area contributed by atoms with Crippen LogP contribution in [0.3, 0.4) is 0 Å². The number of nitrogens with zero attached hydrogens (tertiary/aromatic N) is 1. The number of hydrogen-bond donors (Lipinski definition) is 1. The molecule has 3 rings (SSSR count). The number of ether oxygens (including phenoxy) is 1. The van der Waals surface area contributed by atoms with Crippen LogP contribution in [-0.4, -0.2) is 24.7 Å². The summed E-state index contributed by atoms with van der Waals surface area (Å²) in [5, 5.41) is 1.18. The van der Waals surface area contributed by atoms with E-state index < -0.39 is 0 Å². The predicted molar refractivity (Wildman–Crippen MR) is 70.2 cm³/mol. The molecular formula is C13H16N2OS. The summed E-state index contributed by atoms with van der Waals surface area (Å²) in [4.78, 5) is 4.68. The predicted octanol–water partition coefficient (Wildman–Crippen LogP) is 2.20. The zero-order chi connectivity index (χ0) is 11.7. The molecule has 0 radical (unpaired) electrons. The summed E-state index contributed by atoms with van der Waals surface area (Å²) in [5.74, 6) is 0. The van der Waals surface area contributed by atoms with E-state index in [-0.39, 0.29) is 5.41 Å². The van der Waals surface area contributed by atoms with Crippen molar-refractivity contribution in [1.29, 1.82) is 0 Å². The lowest BCUT2D eigenvalue weighted by Crippen LogP contribution is -2.33. The van der Waals surface area contributed by atoms with Crippen molar-refractivity contribution in [3.8, 4) is 0 Å². The molecule has 17 heavy (non-hydrogen) atoms. The first-order valence-electron chi connectivity index (χ1n) is 5.94. The highest BCUT2D eigenvalue weighted by molar-refractivity contribution is 7.18. The van der Waals surface area contributed by atoms with Crippen LogP contribution in [0, 0.1) is 5.41 Å². The molecule has 0 saturated carbocycles. The second-order valence-corrected chi connectivity index (χ2v) is 5.87. The maximum absolute atomic E-state index is 5.91. The van der Waals surface area contributed by atoms with E-state index in [0.717, 1.165) is 31.6 Å². The standard InChI is InChI=1S/C13H16N2OS/c14-8-13(5-6-16-9-13)7-12-15-10-3-1-2-4-11(10)17-12/h1-4H,5-9,14H2. The number of rotatable bonds is 3. The molecule has 0 spiro atoms. The van der Waals surface area contributed by atoms with Crippen molar-refractivity contribution in [2.24, 2.45) is 11.1 Å². The number of nitrogens with two attached hydrogens (primary N) is 1. The molecule has 2 heterocycles. The van der Waals surface area contributed by atoms with E-state index in [1.807, 2.05) is 6.07 Å². The van der Waals surface area contributed by atoms with Crippen LogP contribution in [0.5, 0.6) is 0 Å². The molecule has 1 fully saturated rings. The Kier molecular flexibility index (Phi) is 2.86. The summed E-state index contributed by atoms with van der Waals surface area (Å²) in [6, 6.07) is 8.28. The highest BCUT2D eigenvalue weighted by Crippen LogP contribution is 2.34. The van der Waals surface area contributed by atoms with Gasteiger partial charge in [0.2, 0.25) is 0 Å². The Balaban J connectivity index is 1.89. The summed E-state index contributed by atoms with van der Waals surface area (Å²) in [6.45, 7) is 2.30. The van der Waals surface area contributed by atoms with E-state index in [4.69, 9.17) is 10.5 Å². The van der Waals surface area contributed by atoms with E-state index in [9.17, 15) is 0 Å². The quantitative estimate of drug-likeness (QED) is 0.906. The maximum atomic E-state index is 5.91. The van der Waals surface area contributed by atoms with Gasteiger partial charge in [-0.15, -0.1) is 11.3 Å². The van der Waals surface area contributed by atoms with Crippen LogP contribution in [0.25, 0.3) is 10.2 Å². The van der Waals surface area contributed by atoms with Crippen LogP contribution < -0.4 is 5.73 Å². The molecule has 1 aromatic heterocycles. The number of fused-ring (bicyclic) bond motifs is 1. The van der Waals surface area contributed by atoms with E-state index in [2.05, 4.69) is 23.2 Å². The van der Waals surface area contributed by atoms with Crippen molar-refractivity contribution in [3.05, 3.63) is 29.3 Å². The minimum absolute atomic E-state index is 0.119. The minimum Gasteiger partial charge on any atom is -0.381 e. The second kappa shape index (κ2) is 4.37. The number of thiazole rings is 1. The molecule has 4 heteroatoms. The highest BCUT2D eigenvalue weighted by Gasteiger charge is 2.34. The zero-order valence-corrected chi connectivity index (χ0v) is 10.5. The van der Waals surface area contributed by atoms with Gasteiger partial charge < -0.3 is 10.5 Å². The lowest BCUT2D eigenvalue weighted by molar-refractivity contribution is 0.154. The first-order valence-corrected chi connectivity index (χ1v) is 6.75. The Morgan fingerprint density at radius 3 is 3.00 bits per heavy atom. The number of benzene rings is 1. The summed E-state index contributed by atoms with van der Waals surface area (Å²) in [6.07, 6.45) is 2.00. The van der Waals surface area contributed by atoms with Crippen LogP contribution >= 0.6 is 11.3 Å². The first kappa shape index (κ1) is 11.1. The van der Waals surface area contributed by atoms with Gasteiger partial charge in [-0.3, -0.25) is 0 Å². The third-order valence-corrected chi connectivity index (χ3v) is 4.52. The van der Waals surface area contributed by atoms with Crippen LogP contribution in [0.4, 0.5) is 0 Å². The SMILES string of the molecule is NCC1(Cc2nc3ccccc3s2)CCOC1. The molecule has 2 aromatic rings. The van der Waals surface area contributed by atoms with Gasteiger partial charge >= 0.3 is 0 Å². The van der Waals surface area contributed by atoms with Crippen molar-refractivity contribution in [2.45, 2.75) is 12.8 Å². The lowest BCUT2D eigenvalue weighted by Gasteiger charge is -2.23. The summed E-state index contributed by atoms with van der Waals surface area (Å²) < 4.78 is 6.75. The van der Waals surface area contributed by atoms with E-state index in [0.29, 0.717) is 6.54 Å². The van der Waals surface area contributed by atoms with Gasteiger partial charge in [-0.2, -0.15) is 0 Å². The number of aromatic nitrogens is 1. The smallest absolute Gasteiger partial charge is 0.0945 e. The molecule has 1 aliphatic heterocycles. The molecule has 90 valence electrons. The normalized spacial score (nSPS) is 24.5. The largest absolute Gasteiger partial charge is 0.381 e. The fourth-order valence-corrected chi connectivity index (χ4v) is 3.48. The van der Waals surface area contributed by atoms with E-state index in [1.165, 1.54) is 9.71 Å². The fraction of sp³-hybridized carbons (Fsp3) is 0.462. The Bertz CT molecular complexity index is 484. The van der Waals surface area contributed by atoms with Gasteiger partial charge in [0.1, 0.15) is 0 Å². The van der Waals surface area contributed by atoms with Gasteiger partial charge in [0.15, 0.2) is 0 Å². The molecule has 0 bridgehead atoms. The lowest BCUT2D eigenvalue weighted by atomic mass is 9.84. The Labute approximate surface area is 105 Å². The topological polar surface area (TPSA) is 48.1 Å². The van der Waals surface area contributed by atoms with Crippen molar-refractivity contribution in [1.82, 2.24) is 4.98 Å². The summed E-state index contributed by atoms with van der Waals surface area (Å²) in [5.41, 5.74) is 7.12. The molecule has 1 atom stereocenters. The molecular weight excluding hydrogens is 232 g/mol. The van der Waals surface area contributed by atoms with Gasteiger partial charge in [-0.25, -0.2) is 4.98 Å². The number of hydrogen-bond acceptors (Lipinski definition) is 4. The third kappa shape index (κ3) is 2.08. The second-order valence-electron chi connectivity index (χ2n) is 4.76. The van der Waals surface area contributed by atoms with E-state index >= 15 is 0 Å². The molecule has 0 aliphatic carbocycles. The summed E-state index contributed by atoms with van der Waals surface area (Å²) in [7, 11) is 0. The number of para-hydroxylation sites is 1. The van der Waals surface area contributed by atoms with Crippen LogP contribution in [0.15, 0.2) is 24.3 Å². The van der Waals surface area contributed by atoms with E-state index in [1.54, 1.807) is 11.3 Å². The van der Waals surface area contributed by atoms with Gasteiger partial charge in [0.05, 0.1) is 21.8 Å². The fourth-order valence-electron chi connectivity index (χ4n) is 2.34. The molecule has 1 saturated heterocycles. The molecule has 2 N–H and O–H groups in total. The van der Waals surface area contributed by atoms with Crippen LogP contribution in [0.2, 0.25) is 0 Å². The summed E-state index contributed by atoms with van der Waals surface area (Å²) >= 11 is 1.78. The zero-order valence-electron chi connectivity index (χ0n) is 9.69. The Hall–Kier alpha value is -0.970. The maximum Gasteiger partial charge on any atom is 0.0945 e. The third-order valence-electron chi connectivity index (χ3n) is 3.48. The van der Waals surface area contributed by atoms with Crippen molar-refractivity contribution in [2.75, 3.05) is 19.8 Å². The average Bonchev–Trinajstić information content (AvgIpc) is 2.95. The Morgan fingerprint density at radius 1 is 1.41 bits per heavy atom. The molecule has 1 aliphatic rings. The van der Waals surface area contributed by atoms with Gasteiger partial charge in [0, 0.05) is 25.0 Å². The minimum atomic E-state index is 0.119. The Morgan fingerprint density at radius 2 is 2.29 bits per heavy atom. The average molecular weight is 248 g/mol. The highest BCUT2D eigenvalue weighted by atomic mass is 32.1. The monoisotopic (exact) mass is 248 g/mol. The molecule has 1 unspecified atom stereocenters. The molecule has 0 amide bonds.